The predicted molar refractivity (Wildman–Crippen MR) is 76.8 cm³/mol. The van der Waals surface area contributed by atoms with Gasteiger partial charge in [0.05, 0.1) is 39.1 Å². The maximum absolute atomic E-state index is 11.7. The molecule has 0 spiro atoms. The van der Waals surface area contributed by atoms with Crippen LogP contribution in [0.2, 0.25) is 0 Å². The van der Waals surface area contributed by atoms with Crippen LogP contribution in [0.15, 0.2) is 17.4 Å². The third kappa shape index (κ3) is 4.45. The van der Waals surface area contributed by atoms with Crippen LogP contribution >= 0.6 is 7.60 Å². The molecule has 0 aliphatic carbocycles. The first-order valence-electron chi connectivity index (χ1n) is 6.44. The number of methoxy groups -OCH3 is 1. The minimum absolute atomic E-state index is 0.0687. The van der Waals surface area contributed by atoms with Gasteiger partial charge in [0.2, 0.25) is 0 Å². The Balaban J connectivity index is 2.16. The molecule has 0 aliphatic heterocycles. The molecule has 0 unspecified atom stereocenters. The number of fused-ring (bicyclic) bond motifs is 1. The highest BCUT2D eigenvalue weighted by Crippen LogP contribution is 2.33. The molecule has 0 saturated carbocycles. The Morgan fingerprint density at radius 1 is 1.48 bits per heavy atom. The number of carbonyl (C=O) groups excluding carboxylic acids is 1. The minimum atomic E-state index is -4.23. The van der Waals surface area contributed by atoms with E-state index in [1.807, 2.05) is 0 Å². The van der Waals surface area contributed by atoms with Crippen LogP contribution in [-0.4, -0.2) is 61.3 Å². The summed E-state index contributed by atoms with van der Waals surface area (Å²) in [5.41, 5.74) is -0.0710. The summed E-state index contributed by atoms with van der Waals surface area (Å²) in [5.74, 6) is -0.720. The second-order valence-corrected chi connectivity index (χ2v) is 6.35. The highest BCUT2D eigenvalue weighted by molar-refractivity contribution is 7.51. The zero-order valence-corrected chi connectivity index (χ0v) is 13.0. The number of nitrogens with one attached hydrogen (secondary N) is 1. The molecule has 0 radical (unpaired) electrons. The molecule has 0 bridgehead atoms. The zero-order valence-electron chi connectivity index (χ0n) is 12.1. The monoisotopic (exact) mass is 346 g/mol. The molecule has 0 aliphatic rings. The molecule has 2 rings (SSSR count). The van der Waals surface area contributed by atoms with Gasteiger partial charge in [-0.15, -0.1) is 0 Å². The lowest BCUT2D eigenvalue weighted by Crippen LogP contribution is -2.31. The summed E-state index contributed by atoms with van der Waals surface area (Å²) in [4.78, 5) is 51.2. The standard InChI is InChI=1S/C11H15N4O7P/c1-21-11(17)7(22-2-3-23(18,19)20)4-15-6-14-8-9(15)12-5-13-10(8)16/h5-7H,2-4H2,1H3,(H,12,13,16)(H2,18,19,20)/t7-/m0/s1. The Hall–Kier alpha value is -2.07. The van der Waals surface area contributed by atoms with E-state index in [4.69, 9.17) is 14.5 Å². The summed E-state index contributed by atoms with van der Waals surface area (Å²) in [6.07, 6.45) is 0.869. The van der Waals surface area contributed by atoms with Crippen LogP contribution in [0.25, 0.3) is 11.2 Å². The number of hydrogen-bond acceptors (Lipinski definition) is 7. The van der Waals surface area contributed by atoms with Crippen LogP contribution in [0.1, 0.15) is 0 Å². The fourth-order valence-corrected chi connectivity index (χ4v) is 2.19. The van der Waals surface area contributed by atoms with Gasteiger partial charge < -0.3 is 28.8 Å². The highest BCUT2D eigenvalue weighted by Gasteiger charge is 2.24. The van der Waals surface area contributed by atoms with Crippen molar-refractivity contribution in [1.82, 2.24) is 19.5 Å². The van der Waals surface area contributed by atoms with Gasteiger partial charge in [0.1, 0.15) is 0 Å². The predicted octanol–water partition coefficient (Wildman–Crippen LogP) is -1.14. The third-order valence-electron chi connectivity index (χ3n) is 2.94. The van der Waals surface area contributed by atoms with Crippen LogP contribution in [0, 0.1) is 0 Å². The maximum atomic E-state index is 11.7. The molecule has 0 aromatic carbocycles. The number of esters is 1. The number of imidazole rings is 1. The van der Waals surface area contributed by atoms with Gasteiger partial charge in [-0.2, -0.15) is 0 Å². The molecule has 11 nitrogen and oxygen atoms in total. The van der Waals surface area contributed by atoms with Crippen LogP contribution in [0.4, 0.5) is 0 Å². The zero-order chi connectivity index (χ0) is 17.0. The lowest BCUT2D eigenvalue weighted by atomic mass is 10.3. The van der Waals surface area contributed by atoms with E-state index in [9.17, 15) is 14.2 Å². The lowest BCUT2D eigenvalue weighted by molar-refractivity contribution is -0.154. The molecular weight excluding hydrogens is 331 g/mol. The second-order valence-electron chi connectivity index (χ2n) is 4.57. The normalized spacial score (nSPS) is 13.2. The van der Waals surface area contributed by atoms with Gasteiger partial charge in [-0.1, -0.05) is 0 Å². The smallest absolute Gasteiger partial charge is 0.336 e. The second kappa shape index (κ2) is 7.01. The number of aromatic amines is 1. The van der Waals surface area contributed by atoms with E-state index in [1.165, 1.54) is 17.2 Å². The SMILES string of the molecule is COC(=O)[C@H](Cn1cnc2c(=O)[nH]cnc21)OCCP(=O)(O)O. The van der Waals surface area contributed by atoms with E-state index in [-0.39, 0.29) is 24.3 Å². The number of H-pyrrole nitrogens is 1. The van der Waals surface area contributed by atoms with E-state index in [1.54, 1.807) is 0 Å². The van der Waals surface area contributed by atoms with Gasteiger partial charge in [0, 0.05) is 0 Å². The van der Waals surface area contributed by atoms with Crippen molar-refractivity contribution < 1.29 is 28.6 Å². The summed E-state index contributed by atoms with van der Waals surface area (Å²) in [7, 11) is -3.07. The minimum Gasteiger partial charge on any atom is -0.467 e. The van der Waals surface area contributed by atoms with Crippen molar-refractivity contribution in [2.24, 2.45) is 0 Å². The molecule has 0 saturated heterocycles. The first-order valence-corrected chi connectivity index (χ1v) is 8.24. The van der Waals surface area contributed by atoms with E-state index in [2.05, 4.69) is 19.7 Å². The summed E-state index contributed by atoms with van der Waals surface area (Å²) in [6, 6.07) is 0. The van der Waals surface area contributed by atoms with E-state index in [0.717, 1.165) is 7.11 Å². The molecule has 0 fully saturated rings. The van der Waals surface area contributed by atoms with Crippen LogP contribution in [0.3, 0.4) is 0 Å². The van der Waals surface area contributed by atoms with Crippen molar-refractivity contribution in [1.29, 1.82) is 0 Å². The molecule has 1 atom stereocenters. The van der Waals surface area contributed by atoms with Crippen LogP contribution < -0.4 is 5.56 Å². The van der Waals surface area contributed by atoms with Crippen LogP contribution in [0.5, 0.6) is 0 Å². The molecule has 2 aromatic heterocycles. The molecule has 12 heteroatoms. The Morgan fingerprint density at radius 2 is 2.22 bits per heavy atom. The Kier molecular flexibility index (Phi) is 5.26. The Bertz CT molecular complexity index is 795. The summed E-state index contributed by atoms with van der Waals surface area (Å²) < 4.78 is 22.0. The van der Waals surface area contributed by atoms with E-state index in [0.29, 0.717) is 0 Å². The number of nitrogens with zero attached hydrogens (tertiary/aromatic N) is 3. The van der Waals surface area contributed by atoms with Crippen molar-refractivity contribution in [3.8, 4) is 0 Å². The average molecular weight is 346 g/mol. The number of hydrogen-bond donors (Lipinski definition) is 3. The number of carbonyl (C=O) groups is 1. The van der Waals surface area contributed by atoms with Gasteiger partial charge in [-0.25, -0.2) is 14.8 Å². The van der Waals surface area contributed by atoms with Gasteiger partial charge in [0.15, 0.2) is 17.3 Å². The maximum Gasteiger partial charge on any atom is 0.336 e. The van der Waals surface area contributed by atoms with Crippen molar-refractivity contribution in [2.45, 2.75) is 12.6 Å². The number of rotatable bonds is 7. The third-order valence-corrected chi connectivity index (χ3v) is 3.70. The summed E-state index contributed by atoms with van der Waals surface area (Å²) in [5, 5.41) is 0. The van der Waals surface area contributed by atoms with Gasteiger partial charge in [-0.05, 0) is 0 Å². The van der Waals surface area contributed by atoms with Crippen molar-refractivity contribution in [3.05, 3.63) is 23.0 Å². The van der Waals surface area contributed by atoms with Crippen molar-refractivity contribution >= 4 is 24.7 Å². The number of ether oxygens (including phenoxy) is 2. The van der Waals surface area contributed by atoms with Crippen molar-refractivity contribution in [2.75, 3.05) is 19.9 Å². The van der Waals surface area contributed by atoms with Gasteiger partial charge in [-0.3, -0.25) is 9.36 Å². The fraction of sp³-hybridized carbons (Fsp3) is 0.455. The molecule has 2 aromatic rings. The summed E-state index contributed by atoms with van der Waals surface area (Å²) in [6.45, 7) is -0.397. The first kappa shape index (κ1) is 17.3. The van der Waals surface area contributed by atoms with Gasteiger partial charge >= 0.3 is 13.6 Å². The van der Waals surface area contributed by atoms with Gasteiger partial charge in [0.25, 0.3) is 5.56 Å². The Morgan fingerprint density at radius 3 is 2.87 bits per heavy atom. The largest absolute Gasteiger partial charge is 0.467 e. The first-order chi connectivity index (χ1) is 10.8. The topological polar surface area (TPSA) is 157 Å². The van der Waals surface area contributed by atoms with E-state index < -0.39 is 31.4 Å². The lowest BCUT2D eigenvalue weighted by Gasteiger charge is -2.16. The number of aromatic nitrogens is 4. The summed E-state index contributed by atoms with van der Waals surface area (Å²) >= 11 is 0. The molecule has 2 heterocycles. The molecule has 3 N–H and O–H groups in total. The average Bonchev–Trinajstić information content (AvgIpc) is 2.89. The van der Waals surface area contributed by atoms with E-state index >= 15 is 0 Å². The fourth-order valence-electron chi connectivity index (χ4n) is 1.84. The van der Waals surface area contributed by atoms with Crippen molar-refractivity contribution in [3.63, 3.8) is 0 Å². The molecule has 23 heavy (non-hydrogen) atoms. The van der Waals surface area contributed by atoms with Crippen LogP contribution in [-0.2, 0) is 25.4 Å². The molecule has 126 valence electrons. The quantitative estimate of drug-likeness (QED) is 0.416. The Labute approximate surface area is 129 Å². The molecular formula is C11H15N4O7P. The highest BCUT2D eigenvalue weighted by atomic mass is 31.2. The molecule has 0 amide bonds.